The fraction of sp³-hybridized carbons (Fsp3) is 0.889. The lowest BCUT2D eigenvalue weighted by molar-refractivity contribution is -0.118. The second-order valence-corrected chi connectivity index (χ2v) is 12.2. The van der Waals surface area contributed by atoms with Gasteiger partial charge < -0.3 is 10.2 Å². The number of hydrogen-bond acceptors (Lipinski definition) is 3. The van der Waals surface area contributed by atoms with Crippen LogP contribution in [-0.2, 0) is 4.79 Å². The van der Waals surface area contributed by atoms with E-state index in [1.807, 2.05) is 6.08 Å². The van der Waals surface area contributed by atoms with Crippen molar-refractivity contribution in [3.63, 3.8) is 0 Å². The Balaban J connectivity index is 1.56. The zero-order valence-corrected chi connectivity index (χ0v) is 19.9. The van der Waals surface area contributed by atoms with Gasteiger partial charge in [0.05, 0.1) is 12.2 Å². The smallest absolute Gasteiger partial charge is 0.155 e. The van der Waals surface area contributed by atoms with E-state index in [9.17, 15) is 15.0 Å². The molecule has 0 saturated heterocycles. The lowest BCUT2D eigenvalue weighted by Crippen LogP contribution is -2.51. The molecule has 2 N–H and O–H groups in total. The Kier molecular flexibility index (Phi) is 6.03. The van der Waals surface area contributed by atoms with Crippen LogP contribution >= 0.6 is 0 Å². The molecule has 0 aliphatic heterocycles. The zero-order chi connectivity index (χ0) is 21.8. The number of aliphatic hydroxyl groups is 2. The van der Waals surface area contributed by atoms with E-state index in [1.54, 1.807) is 0 Å². The van der Waals surface area contributed by atoms with E-state index in [-0.39, 0.29) is 34.9 Å². The van der Waals surface area contributed by atoms with Crippen LogP contribution in [-0.4, -0.2) is 28.2 Å². The molecular formula is C27H44O3. The van der Waals surface area contributed by atoms with Gasteiger partial charge in [-0.05, 0) is 104 Å². The number of aliphatic hydroxyl groups excluding tert-OH is 2. The van der Waals surface area contributed by atoms with Crippen LogP contribution in [0.25, 0.3) is 0 Å². The van der Waals surface area contributed by atoms with Crippen molar-refractivity contribution in [3.05, 3.63) is 11.6 Å². The van der Waals surface area contributed by atoms with E-state index in [4.69, 9.17) is 0 Å². The normalized spacial score (nSPS) is 45.4. The Morgan fingerprint density at radius 2 is 1.80 bits per heavy atom. The minimum Gasteiger partial charge on any atom is -0.393 e. The molecule has 3 saturated carbocycles. The second-order valence-electron chi connectivity index (χ2n) is 12.2. The van der Waals surface area contributed by atoms with Gasteiger partial charge in [0.1, 0.15) is 0 Å². The number of rotatable bonds is 5. The van der Waals surface area contributed by atoms with Gasteiger partial charge >= 0.3 is 0 Å². The summed E-state index contributed by atoms with van der Waals surface area (Å²) in [4.78, 5) is 12.0. The van der Waals surface area contributed by atoms with Crippen LogP contribution in [0.3, 0.4) is 0 Å². The Bertz CT molecular complexity index is 696. The molecule has 0 aromatic heterocycles. The first-order valence-corrected chi connectivity index (χ1v) is 12.7. The molecule has 0 aromatic carbocycles. The summed E-state index contributed by atoms with van der Waals surface area (Å²) < 4.78 is 0. The molecule has 0 spiro atoms. The first-order chi connectivity index (χ1) is 14.1. The maximum atomic E-state index is 12.0. The van der Waals surface area contributed by atoms with Crippen molar-refractivity contribution >= 4 is 5.78 Å². The molecule has 3 nitrogen and oxygen atoms in total. The molecule has 0 aromatic rings. The number of carbonyl (C=O) groups excluding carboxylic acids is 1. The standard InChI is InChI=1S/C27H44O3/c1-16(2)6-9-23(29)17(3)25-24(30)15-22-20-8-7-18-14-19(28)10-12-26(18,4)21(20)11-13-27(22,25)5/h14,16-17,20-25,29-30H,6-13,15H2,1-5H3/t17-,20?,21?,22?,23+,24+,25+,26+,27+/m1/s1. The summed E-state index contributed by atoms with van der Waals surface area (Å²) in [7, 11) is 0. The van der Waals surface area contributed by atoms with Crippen molar-refractivity contribution in [2.75, 3.05) is 0 Å². The molecule has 4 rings (SSSR count). The summed E-state index contributed by atoms with van der Waals surface area (Å²) in [5, 5.41) is 22.2. The van der Waals surface area contributed by atoms with E-state index in [2.05, 4.69) is 34.6 Å². The van der Waals surface area contributed by atoms with Crippen molar-refractivity contribution < 1.29 is 15.0 Å². The fourth-order valence-corrected chi connectivity index (χ4v) is 8.57. The Hall–Kier alpha value is -0.670. The summed E-state index contributed by atoms with van der Waals surface area (Å²) in [6.45, 7) is 11.5. The van der Waals surface area contributed by atoms with E-state index in [0.29, 0.717) is 35.9 Å². The first kappa shape index (κ1) is 22.5. The molecule has 3 fully saturated rings. The van der Waals surface area contributed by atoms with Crippen LogP contribution in [0.2, 0.25) is 0 Å². The molecular weight excluding hydrogens is 372 g/mol. The zero-order valence-electron chi connectivity index (χ0n) is 19.9. The van der Waals surface area contributed by atoms with E-state index >= 15 is 0 Å². The summed E-state index contributed by atoms with van der Waals surface area (Å²) in [6, 6.07) is 0. The summed E-state index contributed by atoms with van der Waals surface area (Å²) >= 11 is 0. The predicted molar refractivity (Wildman–Crippen MR) is 121 cm³/mol. The topological polar surface area (TPSA) is 57.5 Å². The molecule has 3 heteroatoms. The predicted octanol–water partition coefficient (Wildman–Crippen LogP) is 5.54. The highest BCUT2D eigenvalue weighted by Gasteiger charge is 2.62. The summed E-state index contributed by atoms with van der Waals surface area (Å²) in [6.07, 6.45) is 10.5. The molecule has 0 amide bonds. The third-order valence-electron chi connectivity index (χ3n) is 10.3. The second kappa shape index (κ2) is 8.03. The Labute approximate surface area is 183 Å². The average Bonchev–Trinajstić information content (AvgIpc) is 2.96. The van der Waals surface area contributed by atoms with Gasteiger partial charge in [0.2, 0.25) is 0 Å². The van der Waals surface area contributed by atoms with Crippen LogP contribution in [0.15, 0.2) is 11.6 Å². The third-order valence-corrected chi connectivity index (χ3v) is 10.3. The molecule has 0 bridgehead atoms. The van der Waals surface area contributed by atoms with Gasteiger partial charge in [-0.3, -0.25) is 4.79 Å². The molecule has 4 aliphatic carbocycles. The first-order valence-electron chi connectivity index (χ1n) is 12.7. The fourth-order valence-electron chi connectivity index (χ4n) is 8.57. The minimum atomic E-state index is -0.317. The molecule has 0 heterocycles. The van der Waals surface area contributed by atoms with Gasteiger partial charge in [-0.2, -0.15) is 0 Å². The van der Waals surface area contributed by atoms with Crippen LogP contribution in [0.4, 0.5) is 0 Å². The van der Waals surface area contributed by atoms with E-state index in [1.165, 1.54) is 18.4 Å². The van der Waals surface area contributed by atoms with Crippen molar-refractivity contribution in [1.29, 1.82) is 0 Å². The number of hydrogen-bond donors (Lipinski definition) is 2. The minimum absolute atomic E-state index is 0.126. The van der Waals surface area contributed by atoms with Gasteiger partial charge in [0, 0.05) is 6.42 Å². The maximum Gasteiger partial charge on any atom is 0.155 e. The Morgan fingerprint density at radius 3 is 2.50 bits per heavy atom. The van der Waals surface area contributed by atoms with Crippen molar-refractivity contribution in [1.82, 2.24) is 0 Å². The van der Waals surface area contributed by atoms with Gasteiger partial charge in [-0.15, -0.1) is 0 Å². The SMILES string of the molecule is CC(C)CC[C@H](O)[C@@H](C)[C@H]1[C@@H](O)CC2C3CCC4=CC(=O)CC[C@]4(C)C3CC[C@@]21C. The van der Waals surface area contributed by atoms with Crippen molar-refractivity contribution in [3.8, 4) is 0 Å². The monoisotopic (exact) mass is 416 g/mol. The number of ketones is 1. The highest BCUT2D eigenvalue weighted by molar-refractivity contribution is 5.91. The summed E-state index contributed by atoms with van der Waals surface area (Å²) in [5.41, 5.74) is 1.72. The maximum absolute atomic E-state index is 12.0. The number of fused-ring (bicyclic) bond motifs is 5. The quantitative estimate of drug-likeness (QED) is 0.619. The van der Waals surface area contributed by atoms with Gasteiger partial charge in [-0.25, -0.2) is 0 Å². The van der Waals surface area contributed by atoms with Gasteiger partial charge in [0.25, 0.3) is 0 Å². The molecule has 3 unspecified atom stereocenters. The highest BCUT2D eigenvalue weighted by Crippen LogP contribution is 2.67. The molecule has 0 radical (unpaired) electrons. The largest absolute Gasteiger partial charge is 0.393 e. The lowest BCUT2D eigenvalue weighted by atomic mass is 9.46. The van der Waals surface area contributed by atoms with Crippen LogP contribution in [0.1, 0.15) is 92.4 Å². The van der Waals surface area contributed by atoms with Crippen LogP contribution in [0, 0.1) is 46.3 Å². The number of carbonyl (C=O) groups is 1. The average molecular weight is 417 g/mol. The van der Waals surface area contributed by atoms with Gasteiger partial charge in [0.15, 0.2) is 5.78 Å². The summed E-state index contributed by atoms with van der Waals surface area (Å²) in [5.74, 6) is 3.12. The van der Waals surface area contributed by atoms with Crippen molar-refractivity contribution in [2.45, 2.75) is 105 Å². The van der Waals surface area contributed by atoms with E-state index < -0.39 is 0 Å². The van der Waals surface area contributed by atoms with Crippen molar-refractivity contribution in [2.24, 2.45) is 46.3 Å². The lowest BCUT2D eigenvalue weighted by Gasteiger charge is -2.58. The molecule has 170 valence electrons. The van der Waals surface area contributed by atoms with Gasteiger partial charge in [-0.1, -0.05) is 40.2 Å². The Morgan fingerprint density at radius 1 is 1.07 bits per heavy atom. The molecule has 9 atom stereocenters. The highest BCUT2D eigenvalue weighted by atomic mass is 16.3. The van der Waals surface area contributed by atoms with Crippen LogP contribution < -0.4 is 0 Å². The molecule has 30 heavy (non-hydrogen) atoms. The molecule has 4 aliphatic rings. The third kappa shape index (κ3) is 3.52. The number of allylic oxidation sites excluding steroid dienone is 1. The van der Waals surface area contributed by atoms with E-state index in [0.717, 1.165) is 38.5 Å². The van der Waals surface area contributed by atoms with Crippen LogP contribution in [0.5, 0.6) is 0 Å².